The van der Waals surface area contributed by atoms with Crippen molar-refractivity contribution >= 4 is 17.6 Å². The molecule has 1 aromatic carbocycles. The topological polar surface area (TPSA) is 78.4 Å². The molecule has 0 bridgehead atoms. The Morgan fingerprint density at radius 2 is 1.70 bits per heavy atom. The first kappa shape index (κ1) is 29.4. The predicted molar refractivity (Wildman–Crippen MR) is 172 cm³/mol. The molecule has 1 heterocycles. The molecule has 5 heteroatoms. The van der Waals surface area contributed by atoms with Crippen molar-refractivity contribution in [1.82, 2.24) is 5.32 Å². The number of hydrogen-bond donors (Lipinski definition) is 3. The number of carboxylic acid groups (broad SMARTS) is 1. The van der Waals surface area contributed by atoms with E-state index in [1.165, 1.54) is 48.9 Å². The number of para-hydroxylation sites is 1. The number of amides is 1. The van der Waals surface area contributed by atoms with E-state index >= 15 is 0 Å². The highest BCUT2D eigenvalue weighted by Gasteiger charge is 2.72. The Kier molecular flexibility index (Phi) is 6.40. The fourth-order valence-electron chi connectivity index (χ4n) is 13.8. The first-order valence-electron chi connectivity index (χ1n) is 17.2. The number of carbonyl (C=O) groups is 2. The van der Waals surface area contributed by atoms with Gasteiger partial charge in [-0.05, 0) is 128 Å². The lowest BCUT2D eigenvalue weighted by molar-refractivity contribution is -0.238. The Morgan fingerprint density at radius 1 is 0.953 bits per heavy atom. The lowest BCUT2D eigenvalue weighted by Gasteiger charge is -2.73. The fraction of sp³-hybridized carbons (Fsp3) is 0.737. The Morgan fingerprint density at radius 3 is 2.42 bits per heavy atom. The van der Waals surface area contributed by atoms with Crippen LogP contribution in [0.25, 0.3) is 0 Å². The number of nitrogens with one attached hydrogen (secondary N) is 2. The number of benzene rings is 1. The van der Waals surface area contributed by atoms with E-state index in [4.69, 9.17) is 0 Å². The number of fused-ring (bicyclic) bond motifs is 10. The third-order valence-electron chi connectivity index (χ3n) is 15.6. The highest BCUT2D eigenvalue weighted by atomic mass is 16.4. The van der Waals surface area contributed by atoms with Crippen LogP contribution < -0.4 is 10.6 Å². The van der Waals surface area contributed by atoms with Crippen molar-refractivity contribution in [3.8, 4) is 0 Å². The molecule has 1 aliphatic heterocycles. The number of anilines is 1. The highest BCUT2D eigenvalue weighted by molar-refractivity contribution is 5.86. The number of hydrogen-bond acceptors (Lipinski definition) is 3. The largest absolute Gasteiger partial charge is 0.480 e. The van der Waals surface area contributed by atoms with E-state index in [1.807, 2.05) is 0 Å². The molecule has 234 valence electrons. The highest BCUT2D eigenvalue weighted by Crippen LogP contribution is 2.78. The molecular weight excluding hydrogens is 532 g/mol. The number of carboxylic acids is 1. The molecule has 5 aliphatic carbocycles. The second-order valence-electron chi connectivity index (χ2n) is 17.3. The van der Waals surface area contributed by atoms with Crippen molar-refractivity contribution < 1.29 is 14.7 Å². The van der Waals surface area contributed by atoms with E-state index in [1.54, 1.807) is 0 Å². The van der Waals surface area contributed by atoms with Gasteiger partial charge in [0.05, 0.1) is 5.41 Å². The molecule has 1 amide bonds. The standard InChI is InChI=1S/C38H54N2O3/c1-22(2)23-14-17-38(33(43)39-21-30(41)42)19-18-36(6)26(31(23)38)12-13-29-35(5)20-25-24-10-8-9-11-27(24)40-32(25)34(3,4)28(35)15-16-37(29,36)7/h8-11,23,25-26,28-29,31-32,40H,1,12-21H2,2-7H3,(H,39,43)(H,41,42)/t23?,25?,26?,28?,29?,31?,32?,35-,36+,37+,38-/m0/s1. The number of rotatable bonds is 4. The van der Waals surface area contributed by atoms with Crippen molar-refractivity contribution in [2.45, 2.75) is 111 Å². The maximum absolute atomic E-state index is 13.9. The maximum atomic E-state index is 13.9. The van der Waals surface area contributed by atoms with Gasteiger partial charge in [0.1, 0.15) is 6.54 Å². The van der Waals surface area contributed by atoms with Gasteiger partial charge in [-0.1, -0.05) is 65.0 Å². The molecule has 0 aromatic heterocycles. The zero-order chi connectivity index (χ0) is 30.7. The minimum atomic E-state index is -0.966. The molecule has 0 radical (unpaired) electrons. The molecule has 3 N–H and O–H groups in total. The van der Waals surface area contributed by atoms with Gasteiger partial charge in [0, 0.05) is 17.6 Å². The zero-order valence-corrected chi connectivity index (χ0v) is 27.4. The molecule has 7 rings (SSSR count). The molecule has 7 unspecified atom stereocenters. The number of aliphatic carboxylic acids is 1. The summed E-state index contributed by atoms with van der Waals surface area (Å²) < 4.78 is 0. The average Bonchev–Trinajstić information content (AvgIpc) is 3.52. The SMILES string of the molecule is C=C(C)C1CC[C@]2(C(=O)NCC(=O)O)CC[C@]3(C)C(CCC4[C@@]5(C)CC6c7ccccc7NC6C(C)(C)C5CC[C@]43C)C12. The van der Waals surface area contributed by atoms with Gasteiger partial charge in [-0.3, -0.25) is 9.59 Å². The third kappa shape index (κ3) is 3.69. The summed E-state index contributed by atoms with van der Waals surface area (Å²) in [4.78, 5) is 25.3. The molecule has 1 aromatic rings. The van der Waals surface area contributed by atoms with E-state index < -0.39 is 11.4 Å². The van der Waals surface area contributed by atoms with Crippen molar-refractivity contribution in [3.05, 3.63) is 42.0 Å². The van der Waals surface area contributed by atoms with Crippen molar-refractivity contribution in [2.24, 2.45) is 56.7 Å². The van der Waals surface area contributed by atoms with Crippen LogP contribution in [-0.2, 0) is 9.59 Å². The molecule has 11 atom stereocenters. The molecule has 43 heavy (non-hydrogen) atoms. The molecule has 0 saturated heterocycles. The van der Waals surface area contributed by atoms with E-state index in [9.17, 15) is 14.7 Å². The van der Waals surface area contributed by atoms with Gasteiger partial charge in [-0.15, -0.1) is 0 Å². The number of allylic oxidation sites excluding steroid dienone is 1. The smallest absolute Gasteiger partial charge is 0.322 e. The van der Waals surface area contributed by atoms with Gasteiger partial charge in [0.15, 0.2) is 0 Å². The summed E-state index contributed by atoms with van der Waals surface area (Å²) >= 11 is 0. The monoisotopic (exact) mass is 586 g/mol. The summed E-state index contributed by atoms with van der Waals surface area (Å²) in [6.07, 6.45) is 9.99. The lowest BCUT2D eigenvalue weighted by Crippen LogP contribution is -2.68. The van der Waals surface area contributed by atoms with Crippen LogP contribution in [0, 0.1) is 56.7 Å². The summed E-state index contributed by atoms with van der Waals surface area (Å²) in [7, 11) is 0. The van der Waals surface area contributed by atoms with Gasteiger partial charge in [0.25, 0.3) is 0 Å². The first-order valence-corrected chi connectivity index (χ1v) is 17.2. The molecule has 5 fully saturated rings. The van der Waals surface area contributed by atoms with Gasteiger partial charge in [0.2, 0.25) is 5.91 Å². The minimum absolute atomic E-state index is 0.0129. The Labute approximate surface area is 259 Å². The van der Waals surface area contributed by atoms with Crippen LogP contribution >= 0.6 is 0 Å². The van der Waals surface area contributed by atoms with Crippen LogP contribution in [0.5, 0.6) is 0 Å². The second-order valence-corrected chi connectivity index (χ2v) is 17.3. The second kappa shape index (κ2) is 9.36. The predicted octanol–water partition coefficient (Wildman–Crippen LogP) is 8.03. The quantitative estimate of drug-likeness (QED) is 0.312. The van der Waals surface area contributed by atoms with Crippen LogP contribution in [0.4, 0.5) is 5.69 Å². The van der Waals surface area contributed by atoms with Crippen LogP contribution in [0.2, 0.25) is 0 Å². The fourth-order valence-corrected chi connectivity index (χ4v) is 13.8. The lowest BCUT2D eigenvalue weighted by atomic mass is 9.31. The van der Waals surface area contributed by atoms with E-state index in [2.05, 4.69) is 83.0 Å². The zero-order valence-electron chi connectivity index (χ0n) is 27.4. The van der Waals surface area contributed by atoms with Gasteiger partial charge < -0.3 is 15.7 Å². The maximum Gasteiger partial charge on any atom is 0.322 e. The summed E-state index contributed by atoms with van der Waals surface area (Å²) in [5, 5.41) is 16.2. The van der Waals surface area contributed by atoms with Crippen LogP contribution in [0.1, 0.15) is 111 Å². The minimum Gasteiger partial charge on any atom is -0.480 e. The van der Waals surface area contributed by atoms with Gasteiger partial charge in [-0.25, -0.2) is 0 Å². The van der Waals surface area contributed by atoms with E-state index in [-0.39, 0.29) is 40.0 Å². The summed E-state index contributed by atoms with van der Waals surface area (Å²) in [5.74, 6) is 1.96. The normalized spacial score (nSPS) is 47.0. The van der Waals surface area contributed by atoms with Crippen molar-refractivity contribution in [1.29, 1.82) is 0 Å². The first-order chi connectivity index (χ1) is 20.2. The van der Waals surface area contributed by atoms with Crippen molar-refractivity contribution in [2.75, 3.05) is 11.9 Å². The molecule has 5 nitrogen and oxygen atoms in total. The van der Waals surface area contributed by atoms with Crippen LogP contribution in [0.15, 0.2) is 36.4 Å². The Balaban J connectivity index is 1.26. The van der Waals surface area contributed by atoms with E-state index in [0.29, 0.717) is 35.6 Å². The van der Waals surface area contributed by atoms with Crippen LogP contribution in [-0.4, -0.2) is 29.6 Å². The van der Waals surface area contributed by atoms with Crippen molar-refractivity contribution in [3.63, 3.8) is 0 Å². The van der Waals surface area contributed by atoms with Gasteiger partial charge in [-0.2, -0.15) is 0 Å². The molecule has 6 aliphatic rings. The van der Waals surface area contributed by atoms with Gasteiger partial charge >= 0.3 is 5.97 Å². The summed E-state index contributed by atoms with van der Waals surface area (Å²) in [6.45, 7) is 19.4. The third-order valence-corrected chi connectivity index (χ3v) is 15.6. The van der Waals surface area contributed by atoms with E-state index in [0.717, 1.165) is 25.7 Å². The molecule has 0 spiro atoms. The molecular formula is C38H54N2O3. The average molecular weight is 587 g/mol. The summed E-state index contributed by atoms with van der Waals surface area (Å²) in [6, 6.07) is 9.56. The van der Waals surface area contributed by atoms with Crippen LogP contribution in [0.3, 0.4) is 0 Å². The molecule has 5 saturated carbocycles. The summed E-state index contributed by atoms with van der Waals surface area (Å²) in [5.41, 5.74) is 4.44. The Bertz CT molecular complexity index is 1370. The number of carbonyl (C=O) groups excluding carboxylic acids is 1. The Hall–Kier alpha value is -2.30.